The summed E-state index contributed by atoms with van der Waals surface area (Å²) >= 11 is 0. The second-order valence-corrected chi connectivity index (χ2v) is 3.24. The van der Waals surface area contributed by atoms with E-state index in [1.54, 1.807) is 18.2 Å². The minimum atomic E-state index is -1.39. The van der Waals surface area contributed by atoms with Gasteiger partial charge in [-0.3, -0.25) is 4.99 Å². The number of carboxylic acids is 1. The molecule has 0 aromatic heterocycles. The van der Waals surface area contributed by atoms with Crippen molar-refractivity contribution in [2.24, 2.45) is 4.99 Å². The van der Waals surface area contributed by atoms with Gasteiger partial charge in [-0.15, -0.1) is 0 Å². The number of rotatable bonds is 5. The molecule has 1 aromatic carbocycles. The van der Waals surface area contributed by atoms with Gasteiger partial charge in [-0.1, -0.05) is 12.1 Å². The third-order valence-corrected chi connectivity index (χ3v) is 1.98. The van der Waals surface area contributed by atoms with E-state index in [4.69, 9.17) is 10.2 Å². The molecule has 0 saturated carbocycles. The van der Waals surface area contributed by atoms with E-state index in [9.17, 15) is 9.90 Å². The van der Waals surface area contributed by atoms with Gasteiger partial charge < -0.3 is 15.3 Å². The van der Waals surface area contributed by atoms with E-state index >= 15 is 0 Å². The van der Waals surface area contributed by atoms with Gasteiger partial charge in [-0.25, -0.2) is 4.79 Å². The highest BCUT2D eigenvalue weighted by Gasteiger charge is 2.11. The molecule has 5 nitrogen and oxygen atoms in total. The Morgan fingerprint density at radius 3 is 2.75 bits per heavy atom. The molecule has 0 saturated heterocycles. The van der Waals surface area contributed by atoms with Crippen LogP contribution in [0, 0.1) is 0 Å². The van der Waals surface area contributed by atoms with Crippen LogP contribution in [0.15, 0.2) is 29.3 Å². The summed E-state index contributed by atoms with van der Waals surface area (Å²) in [5, 5.41) is 26.7. The first kappa shape index (κ1) is 12.2. The fourth-order valence-electron chi connectivity index (χ4n) is 1.08. The maximum absolute atomic E-state index is 10.3. The van der Waals surface area contributed by atoms with Gasteiger partial charge in [-0.05, 0) is 12.1 Å². The third kappa shape index (κ3) is 3.70. The summed E-state index contributed by atoms with van der Waals surface area (Å²) in [7, 11) is 0. The molecule has 86 valence electrons. The van der Waals surface area contributed by atoms with E-state index in [0.29, 0.717) is 5.56 Å². The summed E-state index contributed by atoms with van der Waals surface area (Å²) in [5.41, 5.74) is 0.562. The molecule has 1 aromatic rings. The van der Waals surface area contributed by atoms with Crippen molar-refractivity contribution in [1.82, 2.24) is 0 Å². The van der Waals surface area contributed by atoms with Crippen LogP contribution in [0.3, 0.4) is 0 Å². The van der Waals surface area contributed by atoms with Crippen molar-refractivity contribution in [2.45, 2.75) is 12.5 Å². The van der Waals surface area contributed by atoms with Crippen LogP contribution < -0.4 is 0 Å². The second kappa shape index (κ2) is 5.87. The fourth-order valence-corrected chi connectivity index (χ4v) is 1.08. The van der Waals surface area contributed by atoms with Crippen LogP contribution in [-0.4, -0.2) is 40.2 Å². The van der Waals surface area contributed by atoms with Crippen molar-refractivity contribution in [3.8, 4) is 5.75 Å². The van der Waals surface area contributed by atoms with E-state index in [-0.39, 0.29) is 18.7 Å². The Labute approximate surface area is 92.7 Å². The van der Waals surface area contributed by atoms with Crippen molar-refractivity contribution in [2.75, 3.05) is 6.54 Å². The summed E-state index contributed by atoms with van der Waals surface area (Å²) in [6.07, 6.45) is 0.116. The van der Waals surface area contributed by atoms with Gasteiger partial charge in [-0.2, -0.15) is 0 Å². The lowest BCUT2D eigenvalue weighted by molar-refractivity contribution is -0.146. The number of aliphatic hydroxyl groups excluding tert-OH is 1. The Hall–Kier alpha value is -1.88. The van der Waals surface area contributed by atoms with Crippen molar-refractivity contribution in [3.05, 3.63) is 29.8 Å². The van der Waals surface area contributed by atoms with Crippen molar-refractivity contribution in [3.63, 3.8) is 0 Å². The molecule has 1 rings (SSSR count). The summed E-state index contributed by atoms with van der Waals surface area (Å²) in [5.74, 6) is -1.14. The Kier molecular flexibility index (Phi) is 4.47. The first-order chi connectivity index (χ1) is 7.61. The zero-order valence-corrected chi connectivity index (χ0v) is 8.58. The van der Waals surface area contributed by atoms with Crippen LogP contribution in [0.4, 0.5) is 0 Å². The molecule has 5 heteroatoms. The van der Waals surface area contributed by atoms with Gasteiger partial charge >= 0.3 is 5.97 Å². The summed E-state index contributed by atoms with van der Waals surface area (Å²) < 4.78 is 0. The van der Waals surface area contributed by atoms with Crippen LogP contribution in [0.25, 0.3) is 0 Å². The molecule has 0 fully saturated rings. The topological polar surface area (TPSA) is 90.1 Å². The molecule has 0 aliphatic carbocycles. The zero-order chi connectivity index (χ0) is 12.0. The van der Waals surface area contributed by atoms with Gasteiger partial charge in [0, 0.05) is 24.7 Å². The second-order valence-electron chi connectivity index (χ2n) is 3.24. The fraction of sp³-hybridized carbons (Fsp3) is 0.273. The SMILES string of the molecule is O=C(O)C(O)CCN=Cc1ccccc1O. The van der Waals surface area contributed by atoms with E-state index in [1.165, 1.54) is 12.3 Å². The predicted octanol–water partition coefficient (Wildman–Crippen LogP) is 0.647. The van der Waals surface area contributed by atoms with Gasteiger partial charge in [0.2, 0.25) is 0 Å². The van der Waals surface area contributed by atoms with E-state index < -0.39 is 12.1 Å². The summed E-state index contributed by atoms with van der Waals surface area (Å²) in [6, 6.07) is 6.67. The van der Waals surface area contributed by atoms with Crippen molar-refractivity contribution in [1.29, 1.82) is 0 Å². The molecule has 0 heterocycles. The van der Waals surface area contributed by atoms with Gasteiger partial charge in [0.15, 0.2) is 6.10 Å². The molecule has 0 spiro atoms. The van der Waals surface area contributed by atoms with Gasteiger partial charge in [0.05, 0.1) is 0 Å². The van der Waals surface area contributed by atoms with Crippen LogP contribution in [0.1, 0.15) is 12.0 Å². The molecule has 0 amide bonds. The van der Waals surface area contributed by atoms with E-state index in [2.05, 4.69) is 4.99 Å². The number of aliphatic hydroxyl groups is 1. The Bertz CT molecular complexity index is 389. The lowest BCUT2D eigenvalue weighted by Crippen LogP contribution is -2.20. The Balaban J connectivity index is 2.44. The molecule has 0 aliphatic heterocycles. The highest BCUT2D eigenvalue weighted by atomic mass is 16.4. The maximum Gasteiger partial charge on any atom is 0.332 e. The number of carboxylic acid groups (broad SMARTS) is 1. The lowest BCUT2D eigenvalue weighted by Gasteiger charge is -2.01. The largest absolute Gasteiger partial charge is 0.507 e. The van der Waals surface area contributed by atoms with Crippen LogP contribution in [0.5, 0.6) is 5.75 Å². The standard InChI is InChI=1S/C11H13NO4/c13-9-4-2-1-3-8(9)7-12-6-5-10(14)11(15)16/h1-4,7,10,13-14H,5-6H2,(H,15,16). The van der Waals surface area contributed by atoms with Crippen molar-refractivity contribution >= 4 is 12.2 Å². The maximum atomic E-state index is 10.3. The molecule has 0 aliphatic rings. The molecule has 0 bridgehead atoms. The van der Waals surface area contributed by atoms with E-state index in [1.807, 2.05) is 0 Å². The molecule has 1 unspecified atom stereocenters. The number of carbonyl (C=O) groups is 1. The lowest BCUT2D eigenvalue weighted by atomic mass is 10.2. The monoisotopic (exact) mass is 223 g/mol. The average molecular weight is 223 g/mol. The van der Waals surface area contributed by atoms with Crippen LogP contribution in [-0.2, 0) is 4.79 Å². The number of hydrogen-bond donors (Lipinski definition) is 3. The number of aromatic hydroxyl groups is 1. The Morgan fingerprint density at radius 1 is 1.44 bits per heavy atom. The quantitative estimate of drug-likeness (QED) is 0.639. The number of phenolic OH excluding ortho intramolecular Hbond substituents is 1. The van der Waals surface area contributed by atoms with Crippen molar-refractivity contribution < 1.29 is 20.1 Å². The molecule has 3 N–H and O–H groups in total. The zero-order valence-electron chi connectivity index (χ0n) is 8.58. The molecule has 1 atom stereocenters. The number of phenols is 1. The van der Waals surface area contributed by atoms with Crippen LogP contribution >= 0.6 is 0 Å². The first-order valence-electron chi connectivity index (χ1n) is 4.80. The molecular formula is C11H13NO4. The minimum absolute atomic E-state index is 0.0550. The molecule has 0 radical (unpaired) electrons. The summed E-state index contributed by atoms with van der Waals surface area (Å²) in [6.45, 7) is 0.196. The first-order valence-corrected chi connectivity index (χ1v) is 4.80. The highest BCUT2D eigenvalue weighted by molar-refractivity contribution is 5.83. The number of aliphatic imine (C=N–C) groups is 1. The third-order valence-electron chi connectivity index (χ3n) is 1.98. The normalized spacial score (nSPS) is 12.8. The average Bonchev–Trinajstić information content (AvgIpc) is 2.26. The van der Waals surface area contributed by atoms with E-state index in [0.717, 1.165) is 0 Å². The predicted molar refractivity (Wildman–Crippen MR) is 58.8 cm³/mol. The Morgan fingerprint density at radius 2 is 2.12 bits per heavy atom. The summed E-state index contributed by atoms with van der Waals surface area (Å²) in [4.78, 5) is 14.2. The van der Waals surface area contributed by atoms with Crippen LogP contribution in [0.2, 0.25) is 0 Å². The smallest absolute Gasteiger partial charge is 0.332 e. The number of aliphatic carboxylic acids is 1. The number of para-hydroxylation sites is 1. The molecule has 16 heavy (non-hydrogen) atoms. The minimum Gasteiger partial charge on any atom is -0.507 e. The van der Waals surface area contributed by atoms with Gasteiger partial charge in [0.25, 0.3) is 0 Å². The highest BCUT2D eigenvalue weighted by Crippen LogP contribution is 2.12. The number of benzene rings is 1. The number of nitrogens with zero attached hydrogens (tertiary/aromatic N) is 1. The van der Waals surface area contributed by atoms with Gasteiger partial charge in [0.1, 0.15) is 5.75 Å². The molecular weight excluding hydrogens is 210 g/mol. The number of hydrogen-bond acceptors (Lipinski definition) is 4.